The number of rotatable bonds is 3. The Labute approximate surface area is 85.5 Å². The van der Waals surface area contributed by atoms with Crippen molar-refractivity contribution in [3.05, 3.63) is 28.8 Å². The van der Waals surface area contributed by atoms with Crippen LogP contribution in [0.5, 0.6) is 0 Å². The monoisotopic (exact) mass is 205 g/mol. The summed E-state index contributed by atoms with van der Waals surface area (Å²) in [6, 6.07) is 0. The van der Waals surface area contributed by atoms with E-state index in [0.717, 1.165) is 0 Å². The zero-order chi connectivity index (χ0) is 10.7. The third-order valence-electron chi connectivity index (χ3n) is 1.92. The molecule has 6 heteroatoms. The number of H-pyrrole nitrogens is 2. The van der Waals surface area contributed by atoms with Gasteiger partial charge in [0.05, 0.1) is 6.33 Å². The predicted octanol–water partition coefficient (Wildman–Crippen LogP) is 0.634. The Morgan fingerprint density at radius 3 is 3.27 bits per heavy atom. The highest BCUT2D eigenvalue weighted by Gasteiger charge is 2.03. The highest BCUT2D eigenvalue weighted by atomic mass is 16.1. The van der Waals surface area contributed by atoms with Crippen molar-refractivity contribution in [3.63, 3.8) is 0 Å². The normalized spacial score (nSPS) is 11.3. The molecule has 0 aliphatic carbocycles. The number of fused-ring (bicyclic) bond motifs is 1. The molecule has 0 saturated heterocycles. The van der Waals surface area contributed by atoms with E-state index in [0.29, 0.717) is 23.7 Å². The second-order valence-corrected chi connectivity index (χ2v) is 2.97. The number of nitrogens with one attached hydrogen (secondary N) is 3. The van der Waals surface area contributed by atoms with Crippen molar-refractivity contribution in [2.75, 3.05) is 11.9 Å². The number of allylic oxidation sites excluding steroid dienone is 1. The lowest BCUT2D eigenvalue weighted by molar-refractivity contribution is 1.11. The Kier molecular flexibility index (Phi) is 2.49. The lowest BCUT2D eigenvalue weighted by Crippen LogP contribution is -2.13. The standard InChI is InChI=1S/C9H11N5O/c1-2-3-4-10-9-13-7-6(8(15)14-9)11-5-12-7/h2-3,5H,4H2,1H3,(H3,10,11,12,13,14,15). The first-order chi connectivity index (χ1) is 7.31. The summed E-state index contributed by atoms with van der Waals surface area (Å²) < 4.78 is 0. The van der Waals surface area contributed by atoms with Gasteiger partial charge in [-0.2, -0.15) is 4.98 Å². The third-order valence-corrected chi connectivity index (χ3v) is 1.92. The van der Waals surface area contributed by atoms with Crippen LogP contribution in [0.25, 0.3) is 11.2 Å². The highest BCUT2D eigenvalue weighted by molar-refractivity contribution is 5.69. The minimum atomic E-state index is -0.222. The lowest BCUT2D eigenvalue weighted by atomic mass is 10.5. The molecular weight excluding hydrogens is 194 g/mol. The van der Waals surface area contributed by atoms with Crippen LogP contribution in [0.2, 0.25) is 0 Å². The van der Waals surface area contributed by atoms with Crippen LogP contribution in [-0.2, 0) is 0 Å². The molecule has 0 radical (unpaired) electrons. The van der Waals surface area contributed by atoms with Gasteiger partial charge in [-0.05, 0) is 6.92 Å². The van der Waals surface area contributed by atoms with E-state index in [-0.39, 0.29) is 5.56 Å². The molecule has 2 rings (SSSR count). The van der Waals surface area contributed by atoms with Gasteiger partial charge in [-0.1, -0.05) is 12.2 Å². The first-order valence-electron chi connectivity index (χ1n) is 4.59. The first-order valence-corrected chi connectivity index (χ1v) is 4.59. The fourth-order valence-corrected chi connectivity index (χ4v) is 1.20. The summed E-state index contributed by atoms with van der Waals surface area (Å²) in [6.45, 7) is 2.55. The van der Waals surface area contributed by atoms with Crippen LogP contribution >= 0.6 is 0 Å². The van der Waals surface area contributed by atoms with Crippen molar-refractivity contribution in [2.45, 2.75) is 6.92 Å². The van der Waals surface area contributed by atoms with Crippen molar-refractivity contribution >= 4 is 17.1 Å². The van der Waals surface area contributed by atoms with Crippen LogP contribution in [0.15, 0.2) is 23.3 Å². The molecule has 0 atom stereocenters. The van der Waals surface area contributed by atoms with Gasteiger partial charge in [0.1, 0.15) is 0 Å². The molecule has 0 aliphatic heterocycles. The zero-order valence-corrected chi connectivity index (χ0v) is 8.24. The van der Waals surface area contributed by atoms with E-state index in [9.17, 15) is 4.79 Å². The van der Waals surface area contributed by atoms with E-state index in [2.05, 4.69) is 25.3 Å². The number of aromatic amines is 2. The Morgan fingerprint density at radius 2 is 2.47 bits per heavy atom. The lowest BCUT2D eigenvalue weighted by Gasteiger charge is -2.00. The van der Waals surface area contributed by atoms with Crippen LogP contribution in [0, 0.1) is 0 Å². The zero-order valence-electron chi connectivity index (χ0n) is 8.24. The summed E-state index contributed by atoms with van der Waals surface area (Å²) in [5.41, 5.74) is 0.591. The fourth-order valence-electron chi connectivity index (χ4n) is 1.20. The number of hydrogen-bond acceptors (Lipinski definition) is 4. The van der Waals surface area contributed by atoms with Gasteiger partial charge < -0.3 is 10.3 Å². The van der Waals surface area contributed by atoms with E-state index in [1.54, 1.807) is 0 Å². The number of aromatic nitrogens is 4. The Hall–Kier alpha value is -2.11. The van der Waals surface area contributed by atoms with Gasteiger partial charge in [-0.3, -0.25) is 9.78 Å². The molecule has 0 aliphatic rings. The molecular formula is C9H11N5O. The van der Waals surface area contributed by atoms with Crippen molar-refractivity contribution in [3.8, 4) is 0 Å². The number of nitrogens with zero attached hydrogens (tertiary/aromatic N) is 2. The molecule has 0 spiro atoms. The molecule has 2 heterocycles. The minimum absolute atomic E-state index is 0.222. The van der Waals surface area contributed by atoms with Crippen molar-refractivity contribution in [2.24, 2.45) is 0 Å². The molecule has 0 bridgehead atoms. The Morgan fingerprint density at radius 1 is 1.60 bits per heavy atom. The fraction of sp³-hybridized carbons (Fsp3) is 0.222. The van der Waals surface area contributed by atoms with E-state index in [1.165, 1.54) is 6.33 Å². The van der Waals surface area contributed by atoms with Crippen molar-refractivity contribution in [1.29, 1.82) is 0 Å². The molecule has 78 valence electrons. The summed E-state index contributed by atoms with van der Waals surface area (Å²) >= 11 is 0. The quantitative estimate of drug-likeness (QED) is 0.641. The largest absolute Gasteiger partial charge is 0.352 e. The predicted molar refractivity (Wildman–Crippen MR) is 57.8 cm³/mol. The van der Waals surface area contributed by atoms with Gasteiger partial charge in [0.15, 0.2) is 11.2 Å². The maximum Gasteiger partial charge on any atom is 0.278 e. The van der Waals surface area contributed by atoms with Gasteiger partial charge >= 0.3 is 0 Å². The van der Waals surface area contributed by atoms with Crippen LogP contribution < -0.4 is 10.9 Å². The Bertz CT molecular complexity index is 539. The molecule has 0 fully saturated rings. The highest BCUT2D eigenvalue weighted by Crippen LogP contribution is 2.02. The van der Waals surface area contributed by atoms with Crippen molar-refractivity contribution < 1.29 is 0 Å². The average molecular weight is 205 g/mol. The molecule has 0 unspecified atom stereocenters. The SMILES string of the molecule is CC=CCNc1nc2nc[nH]c2c(=O)[nH]1. The van der Waals surface area contributed by atoms with E-state index >= 15 is 0 Å². The molecule has 0 amide bonds. The Balaban J connectivity index is 2.32. The van der Waals surface area contributed by atoms with Gasteiger partial charge in [0, 0.05) is 6.54 Å². The molecule has 0 saturated carbocycles. The summed E-state index contributed by atoms with van der Waals surface area (Å²) in [7, 11) is 0. The average Bonchev–Trinajstić information content (AvgIpc) is 2.66. The summed E-state index contributed by atoms with van der Waals surface area (Å²) in [5, 5.41) is 2.96. The maximum absolute atomic E-state index is 11.5. The van der Waals surface area contributed by atoms with Crippen LogP contribution in [0.4, 0.5) is 5.95 Å². The van der Waals surface area contributed by atoms with Crippen LogP contribution in [0.3, 0.4) is 0 Å². The first kappa shape index (κ1) is 9.45. The number of imidazole rings is 1. The van der Waals surface area contributed by atoms with Crippen LogP contribution in [-0.4, -0.2) is 26.5 Å². The van der Waals surface area contributed by atoms with Crippen molar-refractivity contribution in [1.82, 2.24) is 19.9 Å². The third kappa shape index (κ3) is 1.88. The maximum atomic E-state index is 11.5. The van der Waals surface area contributed by atoms with E-state index in [1.807, 2.05) is 19.1 Å². The second-order valence-electron chi connectivity index (χ2n) is 2.97. The topological polar surface area (TPSA) is 86.5 Å². The summed E-state index contributed by atoms with van der Waals surface area (Å²) in [5.74, 6) is 0.428. The summed E-state index contributed by atoms with van der Waals surface area (Å²) in [6.07, 6.45) is 5.29. The smallest absolute Gasteiger partial charge is 0.278 e. The van der Waals surface area contributed by atoms with Gasteiger partial charge in [-0.15, -0.1) is 0 Å². The molecule has 2 aromatic heterocycles. The number of hydrogen-bond donors (Lipinski definition) is 3. The second kappa shape index (κ2) is 3.95. The summed E-state index contributed by atoms with van der Waals surface area (Å²) in [4.78, 5) is 24.9. The van der Waals surface area contributed by atoms with Crippen LogP contribution in [0.1, 0.15) is 6.92 Å². The van der Waals surface area contributed by atoms with E-state index < -0.39 is 0 Å². The minimum Gasteiger partial charge on any atom is -0.352 e. The molecule has 3 N–H and O–H groups in total. The molecule has 0 aromatic carbocycles. The van der Waals surface area contributed by atoms with E-state index in [4.69, 9.17) is 0 Å². The number of anilines is 1. The molecule has 2 aromatic rings. The van der Waals surface area contributed by atoms with Gasteiger partial charge in [-0.25, -0.2) is 4.98 Å². The molecule has 15 heavy (non-hydrogen) atoms. The van der Waals surface area contributed by atoms with Gasteiger partial charge in [0.2, 0.25) is 5.95 Å². The molecule has 6 nitrogen and oxygen atoms in total. The van der Waals surface area contributed by atoms with Gasteiger partial charge in [0.25, 0.3) is 5.56 Å².